The fourth-order valence-electron chi connectivity index (χ4n) is 4.04. The summed E-state index contributed by atoms with van der Waals surface area (Å²) in [4.78, 5) is 16.5. The van der Waals surface area contributed by atoms with Crippen LogP contribution in [0.1, 0.15) is 44.6 Å². The van der Waals surface area contributed by atoms with Gasteiger partial charge in [0.05, 0.1) is 24.7 Å². The van der Waals surface area contributed by atoms with Crippen LogP contribution in [0.4, 0.5) is 0 Å². The monoisotopic (exact) mass is 477 g/mol. The van der Waals surface area contributed by atoms with Gasteiger partial charge in [-0.1, -0.05) is 11.2 Å². The summed E-state index contributed by atoms with van der Waals surface area (Å²) >= 11 is 0. The Bertz CT molecular complexity index is 1020. The molecular weight excluding hydrogens is 446 g/mol. The first-order valence-electron chi connectivity index (χ1n) is 11.0. The van der Waals surface area contributed by atoms with Gasteiger partial charge in [0, 0.05) is 24.8 Å². The number of hydrogen-bond acceptors (Lipinski definition) is 8. The molecule has 10 heteroatoms. The molecule has 0 atom stereocenters. The third-order valence-electron chi connectivity index (χ3n) is 5.72. The van der Waals surface area contributed by atoms with Gasteiger partial charge in [-0.05, 0) is 68.9 Å². The first-order valence-corrected chi connectivity index (χ1v) is 12.5. The predicted molar refractivity (Wildman–Crippen MR) is 120 cm³/mol. The third kappa shape index (κ3) is 6.73. The highest BCUT2D eigenvalue weighted by Crippen LogP contribution is 2.28. The molecule has 1 fully saturated rings. The summed E-state index contributed by atoms with van der Waals surface area (Å²) in [6.45, 7) is 2.44. The van der Waals surface area contributed by atoms with Crippen molar-refractivity contribution in [3.8, 4) is 5.75 Å². The molecule has 0 saturated heterocycles. The summed E-state index contributed by atoms with van der Waals surface area (Å²) in [5.74, 6) is 0.450. The average molecular weight is 478 g/mol. The molecule has 0 spiro atoms. The second-order valence-corrected chi connectivity index (χ2v) is 9.91. The molecule has 9 nitrogen and oxygen atoms in total. The standard InChI is InChI=1S/C23H31N3O6S/c1-3-32-20-8-6-17(7-9-20)15-22(27)25-26(28)16-18-5-4-14-24-23(18)33(29,30)21-12-10-19(31-2)11-13-21/h4-5,10-14,17,20,28H,3,6-9,15-16H2,1-2H3,(H,25,27). The van der Waals surface area contributed by atoms with Crippen LogP contribution in [-0.2, 0) is 25.9 Å². The molecule has 3 rings (SSSR count). The minimum atomic E-state index is -3.93. The molecule has 33 heavy (non-hydrogen) atoms. The fourth-order valence-corrected chi connectivity index (χ4v) is 5.44. The van der Waals surface area contributed by atoms with E-state index in [0.717, 1.165) is 25.7 Å². The maximum absolute atomic E-state index is 13.1. The van der Waals surface area contributed by atoms with Crippen molar-refractivity contribution < 1.29 is 27.9 Å². The lowest BCUT2D eigenvalue weighted by Gasteiger charge is -2.28. The largest absolute Gasteiger partial charge is 0.497 e. The highest BCUT2D eigenvalue weighted by Gasteiger charge is 2.26. The summed E-state index contributed by atoms with van der Waals surface area (Å²) in [6.07, 6.45) is 5.58. The number of sulfone groups is 1. The number of hydrogen-bond donors (Lipinski definition) is 2. The molecule has 0 radical (unpaired) electrons. The van der Waals surface area contributed by atoms with Gasteiger partial charge in [-0.25, -0.2) is 13.4 Å². The minimum absolute atomic E-state index is 0.0550. The van der Waals surface area contributed by atoms with E-state index in [1.165, 1.54) is 25.4 Å². The number of ether oxygens (including phenoxy) is 2. The molecule has 1 aliphatic rings. The molecule has 180 valence electrons. The van der Waals surface area contributed by atoms with Gasteiger partial charge in [0.2, 0.25) is 15.7 Å². The van der Waals surface area contributed by atoms with Crippen molar-refractivity contribution >= 4 is 15.7 Å². The van der Waals surface area contributed by atoms with Crippen LogP contribution in [0.2, 0.25) is 0 Å². The number of hydroxylamine groups is 1. The van der Waals surface area contributed by atoms with Gasteiger partial charge in [-0.3, -0.25) is 15.4 Å². The third-order valence-corrected chi connectivity index (χ3v) is 7.49. The van der Waals surface area contributed by atoms with Crippen LogP contribution >= 0.6 is 0 Å². The second kappa shape index (κ2) is 11.6. The highest BCUT2D eigenvalue weighted by molar-refractivity contribution is 7.91. The number of rotatable bonds is 10. The van der Waals surface area contributed by atoms with Gasteiger partial charge in [0.25, 0.3) is 0 Å². The van der Waals surface area contributed by atoms with Crippen LogP contribution in [0.5, 0.6) is 5.75 Å². The van der Waals surface area contributed by atoms with Gasteiger partial charge in [-0.2, -0.15) is 0 Å². The zero-order chi connectivity index (χ0) is 23.8. The van der Waals surface area contributed by atoms with Crippen LogP contribution in [0.15, 0.2) is 52.5 Å². The van der Waals surface area contributed by atoms with E-state index < -0.39 is 9.84 Å². The van der Waals surface area contributed by atoms with Gasteiger partial charge < -0.3 is 9.47 Å². The van der Waals surface area contributed by atoms with E-state index in [0.29, 0.717) is 23.9 Å². The minimum Gasteiger partial charge on any atom is -0.497 e. The zero-order valence-corrected chi connectivity index (χ0v) is 19.8. The Kier molecular flexibility index (Phi) is 8.79. The lowest BCUT2D eigenvalue weighted by Crippen LogP contribution is -2.40. The van der Waals surface area contributed by atoms with Crippen LogP contribution in [0.3, 0.4) is 0 Å². The molecule has 1 aliphatic carbocycles. The Balaban J connectivity index is 1.61. The van der Waals surface area contributed by atoms with Gasteiger partial charge in [-0.15, -0.1) is 0 Å². The van der Waals surface area contributed by atoms with Crippen LogP contribution in [-0.4, -0.2) is 49.5 Å². The van der Waals surface area contributed by atoms with E-state index in [9.17, 15) is 18.4 Å². The summed E-state index contributed by atoms with van der Waals surface area (Å²) in [5.41, 5.74) is 2.68. The lowest BCUT2D eigenvalue weighted by atomic mass is 9.85. The van der Waals surface area contributed by atoms with E-state index in [2.05, 4.69) is 10.4 Å². The number of carbonyl (C=O) groups excluding carboxylic acids is 1. The summed E-state index contributed by atoms with van der Waals surface area (Å²) < 4.78 is 36.9. The molecule has 2 N–H and O–H groups in total. The summed E-state index contributed by atoms with van der Waals surface area (Å²) in [7, 11) is -2.43. The Morgan fingerprint density at radius 2 is 1.88 bits per heavy atom. The Morgan fingerprint density at radius 1 is 1.18 bits per heavy atom. The molecule has 0 aliphatic heterocycles. The molecule has 1 aromatic heterocycles. The van der Waals surface area contributed by atoms with E-state index in [-0.39, 0.29) is 40.0 Å². The number of pyridine rings is 1. The van der Waals surface area contributed by atoms with Gasteiger partial charge in [0.15, 0.2) is 5.03 Å². The molecule has 1 heterocycles. The molecule has 0 unspecified atom stereocenters. The van der Waals surface area contributed by atoms with Gasteiger partial charge >= 0.3 is 0 Å². The van der Waals surface area contributed by atoms with Gasteiger partial charge in [0.1, 0.15) is 5.75 Å². The SMILES string of the molecule is CCOC1CCC(CC(=O)NN(O)Cc2cccnc2S(=O)(=O)c2ccc(OC)cc2)CC1. The average Bonchev–Trinajstić information content (AvgIpc) is 2.80. The Hall–Kier alpha value is -2.53. The van der Waals surface area contributed by atoms with Crippen molar-refractivity contribution in [1.29, 1.82) is 0 Å². The van der Waals surface area contributed by atoms with E-state index in [1.54, 1.807) is 24.3 Å². The van der Waals surface area contributed by atoms with Crippen molar-refractivity contribution in [2.75, 3.05) is 13.7 Å². The van der Waals surface area contributed by atoms with E-state index in [1.807, 2.05) is 6.92 Å². The maximum atomic E-state index is 13.1. The van der Waals surface area contributed by atoms with E-state index >= 15 is 0 Å². The summed E-state index contributed by atoms with van der Waals surface area (Å²) in [6, 6.07) is 9.10. The van der Waals surface area contributed by atoms with Crippen LogP contribution < -0.4 is 10.2 Å². The first kappa shape index (κ1) is 25.1. The molecule has 1 saturated carbocycles. The predicted octanol–water partition coefficient (Wildman–Crippen LogP) is 3.13. The number of hydrazine groups is 1. The Labute approximate surface area is 194 Å². The van der Waals surface area contributed by atoms with E-state index in [4.69, 9.17) is 9.47 Å². The second-order valence-electron chi connectivity index (χ2n) is 8.04. The maximum Gasteiger partial charge on any atom is 0.236 e. The molecule has 1 amide bonds. The van der Waals surface area contributed by atoms with Crippen LogP contribution in [0, 0.1) is 5.92 Å². The molecular formula is C23H31N3O6S. The van der Waals surface area contributed by atoms with Crippen molar-refractivity contribution in [3.05, 3.63) is 48.2 Å². The number of nitrogens with zero attached hydrogens (tertiary/aromatic N) is 2. The summed E-state index contributed by atoms with van der Waals surface area (Å²) in [5, 5.41) is 10.7. The highest BCUT2D eigenvalue weighted by atomic mass is 32.2. The number of aromatic nitrogens is 1. The number of methoxy groups -OCH3 is 1. The normalized spacial score (nSPS) is 18.8. The number of nitrogens with one attached hydrogen (secondary N) is 1. The molecule has 2 aromatic rings. The lowest BCUT2D eigenvalue weighted by molar-refractivity contribution is -0.166. The van der Waals surface area contributed by atoms with Crippen molar-refractivity contribution in [2.24, 2.45) is 5.92 Å². The first-order chi connectivity index (χ1) is 15.8. The van der Waals surface area contributed by atoms with Crippen LogP contribution in [0.25, 0.3) is 0 Å². The van der Waals surface area contributed by atoms with Crippen molar-refractivity contribution in [3.63, 3.8) is 0 Å². The number of benzene rings is 1. The fraction of sp³-hybridized carbons (Fsp3) is 0.478. The smallest absolute Gasteiger partial charge is 0.236 e. The molecule has 1 aromatic carbocycles. The van der Waals surface area contributed by atoms with Crippen molar-refractivity contribution in [2.45, 2.75) is 61.6 Å². The molecule has 0 bridgehead atoms. The topological polar surface area (TPSA) is 118 Å². The van der Waals surface area contributed by atoms with Crippen molar-refractivity contribution in [1.82, 2.24) is 15.6 Å². The number of carbonyl (C=O) groups is 1. The Morgan fingerprint density at radius 3 is 2.52 bits per heavy atom. The zero-order valence-electron chi connectivity index (χ0n) is 18.9. The quantitative estimate of drug-likeness (QED) is 0.501. The number of amides is 1.